The summed E-state index contributed by atoms with van der Waals surface area (Å²) in [6.45, 7) is 5.48. The minimum absolute atomic E-state index is 0.893. The Morgan fingerprint density at radius 1 is 1.00 bits per heavy atom. The second-order valence-electron chi connectivity index (χ2n) is 7.53. The molecular formula is C16H28N2. The van der Waals surface area contributed by atoms with E-state index in [1.807, 2.05) is 0 Å². The Bertz CT molecular complexity index is 299. The van der Waals surface area contributed by atoms with Gasteiger partial charge in [0.2, 0.25) is 0 Å². The Morgan fingerprint density at radius 2 is 1.94 bits per heavy atom. The van der Waals surface area contributed by atoms with Crippen molar-refractivity contribution in [2.45, 2.75) is 51.0 Å². The zero-order valence-electron chi connectivity index (χ0n) is 11.6. The third kappa shape index (κ3) is 2.46. The molecule has 1 aliphatic heterocycles. The lowest BCUT2D eigenvalue weighted by Gasteiger charge is -2.27. The van der Waals surface area contributed by atoms with E-state index in [1.54, 1.807) is 25.7 Å². The Hall–Kier alpha value is -0.0800. The Morgan fingerprint density at radius 3 is 2.67 bits per heavy atom. The van der Waals surface area contributed by atoms with E-state index in [-0.39, 0.29) is 0 Å². The van der Waals surface area contributed by atoms with Crippen LogP contribution in [0.1, 0.15) is 44.9 Å². The standard InChI is InChI=1S/C16H28N2/c1-2-14-7-12(1)8-15(14)11-18-6-5-13(10-18)9-17-16-3-4-16/h12-17H,1-11H2. The summed E-state index contributed by atoms with van der Waals surface area (Å²) in [4.78, 5) is 2.78. The molecule has 4 unspecified atom stereocenters. The number of nitrogens with one attached hydrogen (secondary N) is 1. The third-order valence-electron chi connectivity index (χ3n) is 6.02. The first-order valence-corrected chi connectivity index (χ1v) is 8.32. The highest BCUT2D eigenvalue weighted by molar-refractivity contribution is 4.92. The SMILES string of the molecule is C1CC2CC1CC2CN1CCC(CNC2CC2)C1. The molecule has 3 aliphatic carbocycles. The summed E-state index contributed by atoms with van der Waals surface area (Å²) < 4.78 is 0. The van der Waals surface area contributed by atoms with Crippen molar-refractivity contribution in [1.29, 1.82) is 0 Å². The second-order valence-corrected chi connectivity index (χ2v) is 7.53. The maximum atomic E-state index is 3.71. The maximum absolute atomic E-state index is 3.71. The number of likely N-dealkylation sites (tertiary alicyclic amines) is 1. The van der Waals surface area contributed by atoms with E-state index in [0.29, 0.717) is 0 Å². The smallest absolute Gasteiger partial charge is 0.00683 e. The zero-order chi connectivity index (χ0) is 11.9. The Balaban J connectivity index is 1.21. The van der Waals surface area contributed by atoms with E-state index >= 15 is 0 Å². The van der Waals surface area contributed by atoms with E-state index in [1.165, 1.54) is 45.4 Å². The number of nitrogens with zero attached hydrogens (tertiary/aromatic N) is 1. The van der Waals surface area contributed by atoms with Crippen LogP contribution in [0.2, 0.25) is 0 Å². The lowest BCUT2D eigenvalue weighted by atomic mass is 9.88. The fourth-order valence-electron chi connectivity index (χ4n) is 4.80. The molecule has 1 heterocycles. The van der Waals surface area contributed by atoms with Crippen molar-refractivity contribution in [3.05, 3.63) is 0 Å². The van der Waals surface area contributed by atoms with Gasteiger partial charge in [0.05, 0.1) is 0 Å². The molecule has 0 aromatic heterocycles. The monoisotopic (exact) mass is 248 g/mol. The molecule has 0 amide bonds. The molecule has 1 saturated heterocycles. The van der Waals surface area contributed by atoms with Crippen LogP contribution in [-0.2, 0) is 0 Å². The molecule has 4 fully saturated rings. The number of hydrogen-bond acceptors (Lipinski definition) is 2. The molecule has 2 nitrogen and oxygen atoms in total. The zero-order valence-corrected chi connectivity index (χ0v) is 11.6. The van der Waals surface area contributed by atoms with Gasteiger partial charge in [-0.05, 0) is 75.3 Å². The normalized spacial score (nSPS) is 44.0. The Labute approximate surface area is 111 Å². The molecule has 0 aromatic rings. The van der Waals surface area contributed by atoms with Crippen LogP contribution >= 0.6 is 0 Å². The molecule has 1 N–H and O–H groups in total. The summed E-state index contributed by atoms with van der Waals surface area (Å²) in [7, 11) is 0. The highest BCUT2D eigenvalue weighted by atomic mass is 15.2. The quantitative estimate of drug-likeness (QED) is 0.804. The average Bonchev–Trinajstić information content (AvgIpc) is 2.78. The fourth-order valence-corrected chi connectivity index (χ4v) is 4.80. The largest absolute Gasteiger partial charge is 0.314 e. The first-order chi connectivity index (χ1) is 8.87. The van der Waals surface area contributed by atoms with Gasteiger partial charge in [0.25, 0.3) is 0 Å². The van der Waals surface area contributed by atoms with Crippen molar-refractivity contribution in [3.8, 4) is 0 Å². The molecule has 18 heavy (non-hydrogen) atoms. The average molecular weight is 248 g/mol. The first-order valence-electron chi connectivity index (χ1n) is 8.32. The predicted octanol–water partition coefficient (Wildman–Crippen LogP) is 2.50. The molecule has 3 saturated carbocycles. The van der Waals surface area contributed by atoms with Crippen molar-refractivity contribution in [3.63, 3.8) is 0 Å². The van der Waals surface area contributed by atoms with E-state index < -0.39 is 0 Å². The van der Waals surface area contributed by atoms with Gasteiger partial charge in [-0.3, -0.25) is 0 Å². The number of fused-ring (bicyclic) bond motifs is 2. The van der Waals surface area contributed by atoms with Gasteiger partial charge in [0.15, 0.2) is 0 Å². The highest BCUT2D eigenvalue weighted by Crippen LogP contribution is 2.48. The van der Waals surface area contributed by atoms with Crippen LogP contribution in [-0.4, -0.2) is 37.1 Å². The van der Waals surface area contributed by atoms with Crippen LogP contribution in [0.4, 0.5) is 0 Å². The second kappa shape index (κ2) is 4.79. The van der Waals surface area contributed by atoms with Gasteiger partial charge in [0.1, 0.15) is 0 Å². The van der Waals surface area contributed by atoms with Gasteiger partial charge in [-0.1, -0.05) is 6.42 Å². The molecule has 2 bridgehead atoms. The lowest BCUT2D eigenvalue weighted by Crippen LogP contribution is -2.32. The van der Waals surface area contributed by atoms with Crippen molar-refractivity contribution in [2.24, 2.45) is 23.7 Å². The fraction of sp³-hybridized carbons (Fsp3) is 1.00. The number of hydrogen-bond donors (Lipinski definition) is 1. The molecule has 4 aliphatic rings. The van der Waals surface area contributed by atoms with Crippen LogP contribution in [0.25, 0.3) is 0 Å². The van der Waals surface area contributed by atoms with Crippen LogP contribution in [0.5, 0.6) is 0 Å². The molecule has 0 aromatic carbocycles. The summed E-state index contributed by atoms with van der Waals surface area (Å²) in [5.74, 6) is 4.25. The summed E-state index contributed by atoms with van der Waals surface area (Å²) in [6, 6.07) is 0.893. The van der Waals surface area contributed by atoms with Gasteiger partial charge < -0.3 is 10.2 Å². The van der Waals surface area contributed by atoms with Gasteiger partial charge >= 0.3 is 0 Å². The van der Waals surface area contributed by atoms with Crippen molar-refractivity contribution in [2.75, 3.05) is 26.2 Å². The van der Waals surface area contributed by atoms with Crippen molar-refractivity contribution >= 4 is 0 Å². The summed E-state index contributed by atoms with van der Waals surface area (Å²) in [5.41, 5.74) is 0. The van der Waals surface area contributed by atoms with Crippen LogP contribution in [0.15, 0.2) is 0 Å². The molecule has 4 atom stereocenters. The highest BCUT2D eigenvalue weighted by Gasteiger charge is 2.40. The summed E-state index contributed by atoms with van der Waals surface area (Å²) in [6.07, 6.45) is 10.5. The molecular weight excluding hydrogens is 220 g/mol. The third-order valence-corrected chi connectivity index (χ3v) is 6.02. The van der Waals surface area contributed by atoms with Gasteiger partial charge in [-0.15, -0.1) is 0 Å². The molecule has 102 valence electrons. The van der Waals surface area contributed by atoms with Gasteiger partial charge in [-0.2, -0.15) is 0 Å². The molecule has 4 rings (SSSR count). The van der Waals surface area contributed by atoms with Crippen LogP contribution in [0.3, 0.4) is 0 Å². The van der Waals surface area contributed by atoms with Gasteiger partial charge in [-0.25, -0.2) is 0 Å². The minimum atomic E-state index is 0.893. The van der Waals surface area contributed by atoms with E-state index in [0.717, 1.165) is 29.7 Å². The first kappa shape index (κ1) is 11.7. The predicted molar refractivity (Wildman–Crippen MR) is 74.5 cm³/mol. The van der Waals surface area contributed by atoms with E-state index in [4.69, 9.17) is 0 Å². The topological polar surface area (TPSA) is 15.3 Å². The molecule has 0 spiro atoms. The summed E-state index contributed by atoms with van der Waals surface area (Å²) >= 11 is 0. The van der Waals surface area contributed by atoms with E-state index in [2.05, 4.69) is 10.2 Å². The van der Waals surface area contributed by atoms with Crippen LogP contribution < -0.4 is 5.32 Å². The lowest BCUT2D eigenvalue weighted by molar-refractivity contribution is 0.214. The van der Waals surface area contributed by atoms with Crippen molar-refractivity contribution < 1.29 is 0 Å². The molecule has 2 heteroatoms. The Kier molecular flexibility index (Phi) is 3.12. The molecule has 0 radical (unpaired) electrons. The number of rotatable bonds is 5. The van der Waals surface area contributed by atoms with Crippen molar-refractivity contribution in [1.82, 2.24) is 10.2 Å². The van der Waals surface area contributed by atoms with Crippen LogP contribution in [0, 0.1) is 23.7 Å². The van der Waals surface area contributed by atoms with E-state index in [9.17, 15) is 0 Å². The minimum Gasteiger partial charge on any atom is -0.314 e. The maximum Gasteiger partial charge on any atom is 0.00683 e. The summed E-state index contributed by atoms with van der Waals surface area (Å²) in [5, 5.41) is 3.71. The van der Waals surface area contributed by atoms with Gasteiger partial charge in [0, 0.05) is 19.1 Å².